The number of fused-ring (bicyclic) bond motifs is 2. The maximum Gasteiger partial charge on any atom is 0.267 e. The molecule has 2 amide bonds. The van der Waals surface area contributed by atoms with E-state index in [0.29, 0.717) is 34.3 Å². The number of nitrogens with one attached hydrogen (secondary N) is 1. The van der Waals surface area contributed by atoms with Crippen LogP contribution in [0.4, 0.5) is 17.1 Å². The summed E-state index contributed by atoms with van der Waals surface area (Å²) >= 11 is 0. The van der Waals surface area contributed by atoms with Gasteiger partial charge in [-0.05, 0) is 19.1 Å². The molecule has 0 radical (unpaired) electrons. The minimum Gasteiger partial charge on any atom is -0.479 e. The molecule has 3 N–H and O–H groups in total. The van der Waals surface area contributed by atoms with E-state index in [1.54, 1.807) is 36.1 Å². The molecule has 0 saturated heterocycles. The van der Waals surface area contributed by atoms with Crippen molar-refractivity contribution in [2.45, 2.75) is 19.4 Å². The third kappa shape index (κ3) is 3.63. The summed E-state index contributed by atoms with van der Waals surface area (Å²) in [5.74, 6) is 1.28. The fraction of sp³-hybridized carbons (Fsp3) is 0.263. The molecule has 28 heavy (non-hydrogen) atoms. The summed E-state index contributed by atoms with van der Waals surface area (Å²) in [5.41, 5.74) is 7.45. The number of ether oxygens (including phenoxy) is 3. The van der Waals surface area contributed by atoms with Crippen LogP contribution in [0, 0.1) is 0 Å². The van der Waals surface area contributed by atoms with E-state index in [1.165, 1.54) is 0 Å². The van der Waals surface area contributed by atoms with Crippen molar-refractivity contribution < 1.29 is 23.8 Å². The second-order valence-corrected chi connectivity index (χ2v) is 6.31. The summed E-state index contributed by atoms with van der Waals surface area (Å²) in [6.07, 6.45) is -0.479. The van der Waals surface area contributed by atoms with E-state index in [1.807, 2.05) is 12.1 Å². The number of carbonyl (C=O) groups is 2. The Balaban J connectivity index is 0.00000225. The molecule has 0 spiro atoms. The molecule has 148 valence electrons. The average molecular weight is 406 g/mol. The van der Waals surface area contributed by atoms with Crippen LogP contribution in [0.5, 0.6) is 17.2 Å². The maximum absolute atomic E-state index is 12.5. The first-order valence-electron chi connectivity index (χ1n) is 8.59. The third-order valence-corrected chi connectivity index (χ3v) is 4.45. The molecule has 2 heterocycles. The van der Waals surface area contributed by atoms with Crippen molar-refractivity contribution in [2.75, 3.05) is 29.3 Å². The lowest BCUT2D eigenvalue weighted by Gasteiger charge is -2.32. The second-order valence-electron chi connectivity index (χ2n) is 6.31. The van der Waals surface area contributed by atoms with Gasteiger partial charge in [0.25, 0.3) is 5.91 Å². The van der Waals surface area contributed by atoms with Crippen LogP contribution in [-0.2, 0) is 9.59 Å². The van der Waals surface area contributed by atoms with Crippen LogP contribution >= 0.6 is 12.4 Å². The SMILES string of the molecule is CC1Oc2ccccc2N(CCC(=O)Nc2cc3c(cc2N)OCO3)C1=O.Cl. The monoisotopic (exact) mass is 405 g/mol. The van der Waals surface area contributed by atoms with Crippen LogP contribution in [0.15, 0.2) is 36.4 Å². The highest BCUT2D eigenvalue weighted by Crippen LogP contribution is 2.38. The molecule has 8 nitrogen and oxygen atoms in total. The molecular weight excluding hydrogens is 386 g/mol. The van der Waals surface area contributed by atoms with Crippen LogP contribution in [-0.4, -0.2) is 31.3 Å². The molecular formula is C19H20ClN3O5. The molecule has 4 rings (SSSR count). The number of carbonyl (C=O) groups excluding carboxylic acids is 2. The number of halogens is 1. The highest BCUT2D eigenvalue weighted by Gasteiger charge is 2.31. The lowest BCUT2D eigenvalue weighted by molar-refractivity contribution is -0.125. The summed E-state index contributed by atoms with van der Waals surface area (Å²) in [7, 11) is 0. The molecule has 0 aromatic heterocycles. The van der Waals surface area contributed by atoms with Crippen molar-refractivity contribution >= 4 is 41.3 Å². The van der Waals surface area contributed by atoms with Crippen molar-refractivity contribution in [3.8, 4) is 17.2 Å². The van der Waals surface area contributed by atoms with E-state index in [-0.39, 0.29) is 44.0 Å². The number of anilines is 3. The Kier molecular flexibility index (Phi) is 5.51. The standard InChI is InChI=1S/C19H19N3O5.ClH/c1-11-19(24)22(14-4-2-3-5-15(14)27-11)7-6-18(23)21-13-9-17-16(8-12(13)20)25-10-26-17;/h2-5,8-9,11H,6-7,10,20H2,1H3,(H,21,23);1H. The van der Waals surface area contributed by atoms with Crippen molar-refractivity contribution in [1.82, 2.24) is 0 Å². The van der Waals surface area contributed by atoms with Crippen molar-refractivity contribution in [3.63, 3.8) is 0 Å². The minimum atomic E-state index is -0.590. The summed E-state index contributed by atoms with van der Waals surface area (Å²) < 4.78 is 16.2. The number of nitrogens with two attached hydrogens (primary N) is 1. The third-order valence-electron chi connectivity index (χ3n) is 4.45. The predicted octanol–water partition coefficient (Wildman–Crippen LogP) is 2.56. The van der Waals surface area contributed by atoms with Gasteiger partial charge in [0, 0.05) is 25.1 Å². The number of amides is 2. The zero-order valence-electron chi connectivity index (χ0n) is 15.1. The number of rotatable bonds is 4. The fourth-order valence-corrected chi connectivity index (χ4v) is 3.08. The Hall–Kier alpha value is -3.13. The summed E-state index contributed by atoms with van der Waals surface area (Å²) in [4.78, 5) is 26.4. The van der Waals surface area contributed by atoms with Gasteiger partial charge in [0.15, 0.2) is 17.6 Å². The molecule has 1 unspecified atom stereocenters. The second kappa shape index (κ2) is 7.85. The van der Waals surface area contributed by atoms with Crippen LogP contribution < -0.4 is 30.2 Å². The molecule has 0 fully saturated rings. The quantitative estimate of drug-likeness (QED) is 0.758. The molecule has 0 aliphatic carbocycles. The summed E-state index contributed by atoms with van der Waals surface area (Å²) in [5, 5.41) is 2.76. The van der Waals surface area contributed by atoms with Gasteiger partial charge < -0.3 is 30.2 Å². The molecule has 2 aromatic rings. The highest BCUT2D eigenvalue weighted by atomic mass is 35.5. The normalized spacial score (nSPS) is 16.7. The molecule has 9 heteroatoms. The van der Waals surface area contributed by atoms with E-state index < -0.39 is 6.10 Å². The molecule has 0 bridgehead atoms. The van der Waals surface area contributed by atoms with Gasteiger partial charge in [0.1, 0.15) is 5.75 Å². The van der Waals surface area contributed by atoms with E-state index in [9.17, 15) is 9.59 Å². The Morgan fingerprint density at radius 2 is 1.93 bits per heavy atom. The molecule has 0 saturated carbocycles. The number of hydrogen-bond donors (Lipinski definition) is 2. The van der Waals surface area contributed by atoms with E-state index in [2.05, 4.69) is 5.32 Å². The smallest absolute Gasteiger partial charge is 0.267 e. The average Bonchev–Trinajstić information content (AvgIpc) is 3.09. The van der Waals surface area contributed by atoms with Gasteiger partial charge in [-0.3, -0.25) is 9.59 Å². The van der Waals surface area contributed by atoms with E-state index in [4.69, 9.17) is 19.9 Å². The van der Waals surface area contributed by atoms with Gasteiger partial charge in [-0.15, -0.1) is 12.4 Å². The number of nitrogens with zero attached hydrogens (tertiary/aromatic N) is 1. The Bertz CT molecular complexity index is 920. The van der Waals surface area contributed by atoms with Gasteiger partial charge in [-0.1, -0.05) is 12.1 Å². The van der Waals surface area contributed by atoms with Crippen LogP contribution in [0.2, 0.25) is 0 Å². The first-order valence-corrected chi connectivity index (χ1v) is 8.59. The number of hydrogen-bond acceptors (Lipinski definition) is 6. The zero-order chi connectivity index (χ0) is 19.0. The first-order chi connectivity index (χ1) is 13.0. The van der Waals surface area contributed by atoms with E-state index in [0.717, 1.165) is 0 Å². The van der Waals surface area contributed by atoms with Crippen molar-refractivity contribution in [3.05, 3.63) is 36.4 Å². The predicted molar refractivity (Wildman–Crippen MR) is 106 cm³/mol. The first kappa shape index (κ1) is 19.6. The van der Waals surface area contributed by atoms with Gasteiger partial charge >= 0.3 is 0 Å². The topological polar surface area (TPSA) is 103 Å². The van der Waals surface area contributed by atoms with Gasteiger partial charge in [0.2, 0.25) is 12.7 Å². The lowest BCUT2D eigenvalue weighted by Crippen LogP contribution is -2.45. The van der Waals surface area contributed by atoms with Gasteiger partial charge in [0.05, 0.1) is 17.1 Å². The summed E-state index contributed by atoms with van der Waals surface area (Å²) in [6.45, 7) is 2.06. The van der Waals surface area contributed by atoms with Crippen molar-refractivity contribution in [1.29, 1.82) is 0 Å². The van der Waals surface area contributed by atoms with Crippen LogP contribution in [0.3, 0.4) is 0 Å². The molecule has 2 aliphatic heterocycles. The number of benzene rings is 2. The van der Waals surface area contributed by atoms with Gasteiger partial charge in [-0.2, -0.15) is 0 Å². The maximum atomic E-state index is 12.5. The van der Waals surface area contributed by atoms with E-state index >= 15 is 0 Å². The zero-order valence-corrected chi connectivity index (χ0v) is 16.0. The summed E-state index contributed by atoms with van der Waals surface area (Å²) in [6, 6.07) is 10.5. The molecule has 1 atom stereocenters. The largest absolute Gasteiger partial charge is 0.479 e. The molecule has 2 aromatic carbocycles. The lowest BCUT2D eigenvalue weighted by atomic mass is 10.1. The molecule has 2 aliphatic rings. The fourth-order valence-electron chi connectivity index (χ4n) is 3.08. The van der Waals surface area contributed by atoms with Crippen LogP contribution in [0.1, 0.15) is 13.3 Å². The minimum absolute atomic E-state index is 0. The Labute approximate surface area is 167 Å². The number of nitrogen functional groups attached to an aromatic ring is 1. The number of para-hydroxylation sites is 2. The van der Waals surface area contributed by atoms with Gasteiger partial charge in [-0.25, -0.2) is 0 Å². The Morgan fingerprint density at radius 1 is 1.21 bits per heavy atom. The van der Waals surface area contributed by atoms with Crippen molar-refractivity contribution in [2.24, 2.45) is 0 Å². The van der Waals surface area contributed by atoms with Crippen LogP contribution in [0.25, 0.3) is 0 Å². The Morgan fingerprint density at radius 3 is 2.71 bits per heavy atom. The highest BCUT2D eigenvalue weighted by molar-refractivity contribution is 6.01.